The second-order valence-corrected chi connectivity index (χ2v) is 5.05. The molecule has 0 saturated heterocycles. The van der Waals surface area contributed by atoms with Crippen molar-refractivity contribution in [2.24, 2.45) is 0 Å². The Labute approximate surface area is 109 Å². The van der Waals surface area contributed by atoms with Crippen molar-refractivity contribution in [3.63, 3.8) is 0 Å². The predicted molar refractivity (Wildman–Crippen MR) is 76.0 cm³/mol. The molecule has 0 saturated carbocycles. The number of aromatic nitrogens is 2. The number of nitrogens with zero attached hydrogens (tertiary/aromatic N) is 2. The van der Waals surface area contributed by atoms with Crippen molar-refractivity contribution >= 4 is 17.2 Å². The molecule has 2 aromatic heterocycles. The molecule has 0 aliphatic rings. The first-order chi connectivity index (χ1) is 8.75. The highest BCUT2D eigenvalue weighted by Crippen LogP contribution is 2.30. The van der Waals surface area contributed by atoms with E-state index in [-0.39, 0.29) is 0 Å². The van der Waals surface area contributed by atoms with Crippen LogP contribution in [0, 0.1) is 6.92 Å². The summed E-state index contributed by atoms with van der Waals surface area (Å²) in [6.45, 7) is 2.09. The molecular weight excluding hydrogens is 242 g/mol. The lowest BCUT2D eigenvalue weighted by atomic mass is 10.2. The Balaban J connectivity index is 2.10. The highest BCUT2D eigenvalue weighted by atomic mass is 32.1. The fourth-order valence-corrected chi connectivity index (χ4v) is 2.80. The molecule has 0 fully saturated rings. The number of nitrogens with two attached hydrogens (primary N) is 1. The lowest BCUT2D eigenvalue weighted by molar-refractivity contribution is 0.896. The molecule has 0 amide bonds. The maximum Gasteiger partial charge on any atom is 0.127 e. The second kappa shape index (κ2) is 4.31. The predicted octanol–water partition coefficient (Wildman–Crippen LogP) is 3.49. The first-order valence-electron chi connectivity index (χ1n) is 5.71. The molecule has 0 radical (unpaired) electrons. The molecule has 3 rings (SSSR count). The van der Waals surface area contributed by atoms with Gasteiger partial charge in [0.15, 0.2) is 0 Å². The number of nitrogen functional groups attached to an aromatic ring is 1. The monoisotopic (exact) mass is 255 g/mol. The zero-order chi connectivity index (χ0) is 12.5. The van der Waals surface area contributed by atoms with Crippen molar-refractivity contribution in [1.82, 2.24) is 9.78 Å². The number of hydrogen-bond acceptors (Lipinski definition) is 3. The van der Waals surface area contributed by atoms with E-state index in [1.165, 1.54) is 10.4 Å². The minimum Gasteiger partial charge on any atom is -0.384 e. The number of thiophene rings is 1. The van der Waals surface area contributed by atoms with Crippen LogP contribution in [0.25, 0.3) is 16.3 Å². The Morgan fingerprint density at radius 2 is 1.94 bits per heavy atom. The number of hydrogen-bond donors (Lipinski definition) is 1. The fourth-order valence-electron chi connectivity index (χ4n) is 1.92. The van der Waals surface area contributed by atoms with Crippen LogP contribution in [0.4, 0.5) is 5.82 Å². The van der Waals surface area contributed by atoms with E-state index < -0.39 is 0 Å². The molecule has 0 aliphatic heterocycles. The van der Waals surface area contributed by atoms with Gasteiger partial charge in [-0.25, -0.2) is 4.68 Å². The van der Waals surface area contributed by atoms with Gasteiger partial charge in [0.2, 0.25) is 0 Å². The Morgan fingerprint density at radius 3 is 2.61 bits per heavy atom. The van der Waals surface area contributed by atoms with Crippen LogP contribution in [0.3, 0.4) is 0 Å². The van der Waals surface area contributed by atoms with Gasteiger partial charge in [0.05, 0.1) is 10.6 Å². The van der Waals surface area contributed by atoms with Crippen molar-refractivity contribution in [3.8, 4) is 16.3 Å². The van der Waals surface area contributed by atoms with E-state index in [0.29, 0.717) is 5.82 Å². The minimum absolute atomic E-state index is 0.656. The van der Waals surface area contributed by atoms with Gasteiger partial charge in [-0.15, -0.1) is 11.3 Å². The average Bonchev–Trinajstić information content (AvgIpc) is 2.96. The summed E-state index contributed by atoms with van der Waals surface area (Å²) in [5, 5.41) is 6.66. The van der Waals surface area contributed by atoms with E-state index >= 15 is 0 Å². The van der Waals surface area contributed by atoms with Crippen LogP contribution in [-0.2, 0) is 0 Å². The molecule has 0 unspecified atom stereocenters. The number of benzene rings is 1. The molecule has 3 aromatic rings. The van der Waals surface area contributed by atoms with Crippen LogP contribution in [0.1, 0.15) is 5.56 Å². The highest BCUT2D eigenvalue weighted by molar-refractivity contribution is 7.13. The minimum atomic E-state index is 0.656. The lowest BCUT2D eigenvalue weighted by Crippen LogP contribution is -2.00. The molecule has 0 atom stereocenters. The summed E-state index contributed by atoms with van der Waals surface area (Å²) in [7, 11) is 0. The summed E-state index contributed by atoms with van der Waals surface area (Å²) in [5.74, 6) is 0.656. The maximum atomic E-state index is 6.03. The van der Waals surface area contributed by atoms with Gasteiger partial charge in [-0.05, 0) is 36.1 Å². The molecular formula is C14H13N3S. The molecule has 2 heterocycles. The van der Waals surface area contributed by atoms with Crippen LogP contribution >= 0.6 is 11.3 Å². The largest absolute Gasteiger partial charge is 0.384 e. The highest BCUT2D eigenvalue weighted by Gasteiger charge is 2.11. The molecule has 2 N–H and O–H groups in total. The lowest BCUT2D eigenvalue weighted by Gasteiger charge is -2.02. The van der Waals surface area contributed by atoms with E-state index in [0.717, 1.165) is 11.4 Å². The van der Waals surface area contributed by atoms with Crippen LogP contribution in [-0.4, -0.2) is 9.78 Å². The van der Waals surface area contributed by atoms with Crippen LogP contribution < -0.4 is 5.73 Å². The van der Waals surface area contributed by atoms with Crippen molar-refractivity contribution in [2.75, 3.05) is 5.73 Å². The van der Waals surface area contributed by atoms with E-state index in [1.807, 2.05) is 36.4 Å². The molecule has 0 aliphatic carbocycles. The van der Waals surface area contributed by atoms with Crippen molar-refractivity contribution < 1.29 is 0 Å². The SMILES string of the molecule is Cc1ccsc1-c1cc(N)n(-c2ccccc2)n1. The molecule has 90 valence electrons. The van der Waals surface area contributed by atoms with Gasteiger partial charge in [0.1, 0.15) is 11.5 Å². The van der Waals surface area contributed by atoms with Gasteiger partial charge < -0.3 is 5.73 Å². The number of anilines is 1. The summed E-state index contributed by atoms with van der Waals surface area (Å²) >= 11 is 1.69. The average molecular weight is 255 g/mol. The van der Waals surface area contributed by atoms with Crippen LogP contribution in [0.15, 0.2) is 47.8 Å². The Bertz CT molecular complexity index is 667. The third-order valence-electron chi connectivity index (χ3n) is 2.83. The van der Waals surface area contributed by atoms with Gasteiger partial charge in [-0.1, -0.05) is 18.2 Å². The van der Waals surface area contributed by atoms with Crippen molar-refractivity contribution in [3.05, 3.63) is 53.4 Å². The first-order valence-corrected chi connectivity index (χ1v) is 6.59. The summed E-state index contributed by atoms with van der Waals surface area (Å²) in [4.78, 5) is 1.18. The van der Waals surface area contributed by atoms with Gasteiger partial charge in [-0.3, -0.25) is 0 Å². The quantitative estimate of drug-likeness (QED) is 0.761. The van der Waals surface area contributed by atoms with Gasteiger partial charge in [0, 0.05) is 6.07 Å². The number of rotatable bonds is 2. The van der Waals surface area contributed by atoms with E-state index in [9.17, 15) is 0 Å². The van der Waals surface area contributed by atoms with E-state index in [4.69, 9.17) is 5.73 Å². The van der Waals surface area contributed by atoms with E-state index in [1.54, 1.807) is 16.0 Å². The normalized spacial score (nSPS) is 10.7. The zero-order valence-corrected chi connectivity index (χ0v) is 10.8. The van der Waals surface area contributed by atoms with Crippen molar-refractivity contribution in [1.29, 1.82) is 0 Å². The Morgan fingerprint density at radius 1 is 1.17 bits per heavy atom. The number of para-hydroxylation sites is 1. The van der Waals surface area contributed by atoms with Crippen LogP contribution in [0.5, 0.6) is 0 Å². The molecule has 4 heteroatoms. The standard InChI is InChI=1S/C14H13N3S/c1-10-7-8-18-14(10)12-9-13(15)17(16-12)11-5-3-2-4-6-11/h2-9H,15H2,1H3. The van der Waals surface area contributed by atoms with Gasteiger partial charge >= 0.3 is 0 Å². The maximum absolute atomic E-state index is 6.03. The third-order valence-corrected chi connectivity index (χ3v) is 3.87. The molecule has 18 heavy (non-hydrogen) atoms. The summed E-state index contributed by atoms with van der Waals surface area (Å²) in [6, 6.07) is 13.9. The van der Waals surface area contributed by atoms with Gasteiger partial charge in [0.25, 0.3) is 0 Å². The van der Waals surface area contributed by atoms with E-state index in [2.05, 4.69) is 23.5 Å². The molecule has 0 spiro atoms. The molecule has 0 bridgehead atoms. The summed E-state index contributed by atoms with van der Waals surface area (Å²) in [6.07, 6.45) is 0. The third kappa shape index (κ3) is 1.80. The number of aryl methyl sites for hydroxylation is 1. The summed E-state index contributed by atoms with van der Waals surface area (Å²) < 4.78 is 1.77. The second-order valence-electron chi connectivity index (χ2n) is 4.13. The Kier molecular flexibility index (Phi) is 2.64. The van der Waals surface area contributed by atoms with Crippen LogP contribution in [0.2, 0.25) is 0 Å². The molecule has 1 aromatic carbocycles. The summed E-state index contributed by atoms with van der Waals surface area (Å²) in [5.41, 5.74) is 9.18. The molecule has 3 nitrogen and oxygen atoms in total. The van der Waals surface area contributed by atoms with Gasteiger partial charge in [-0.2, -0.15) is 5.10 Å². The topological polar surface area (TPSA) is 43.8 Å². The first kappa shape index (κ1) is 11.0. The smallest absolute Gasteiger partial charge is 0.127 e. The fraction of sp³-hybridized carbons (Fsp3) is 0.0714. The zero-order valence-electron chi connectivity index (χ0n) is 10.00. The van der Waals surface area contributed by atoms with Crippen molar-refractivity contribution in [2.45, 2.75) is 6.92 Å². The Hall–Kier alpha value is -2.07.